The molecular formula is C21H14ClF2N3. The Labute approximate surface area is 159 Å². The Kier molecular flexibility index (Phi) is 3.72. The standard InChI is InChI=1S/C21H14ClF2N3/c22-14-10-13(15(23)11-16(14)24)21-20(19-6-3-9-27(19)26-21)18-8-7-12-4-1-2-5-17(12)25-18/h1-2,4-5,7-8,10-11H,3,6,9H2. The molecule has 6 heteroatoms. The Morgan fingerprint density at radius 1 is 1.00 bits per heavy atom. The number of halogens is 3. The smallest absolute Gasteiger partial charge is 0.144 e. The zero-order valence-electron chi connectivity index (χ0n) is 14.2. The van der Waals surface area contributed by atoms with Crippen LogP contribution in [0, 0.1) is 11.6 Å². The van der Waals surface area contributed by atoms with Gasteiger partial charge in [0.2, 0.25) is 0 Å². The van der Waals surface area contributed by atoms with Gasteiger partial charge in [0.1, 0.15) is 17.3 Å². The molecule has 0 spiro atoms. The fourth-order valence-corrected chi connectivity index (χ4v) is 3.86. The van der Waals surface area contributed by atoms with E-state index in [1.165, 1.54) is 6.07 Å². The van der Waals surface area contributed by atoms with Gasteiger partial charge < -0.3 is 0 Å². The maximum Gasteiger partial charge on any atom is 0.144 e. The van der Waals surface area contributed by atoms with Gasteiger partial charge in [-0.3, -0.25) is 4.68 Å². The summed E-state index contributed by atoms with van der Waals surface area (Å²) in [5, 5.41) is 5.51. The summed E-state index contributed by atoms with van der Waals surface area (Å²) in [6.45, 7) is 0.770. The molecule has 0 saturated carbocycles. The molecule has 0 fully saturated rings. The van der Waals surface area contributed by atoms with Crippen LogP contribution in [-0.4, -0.2) is 14.8 Å². The first-order chi connectivity index (χ1) is 13.1. The van der Waals surface area contributed by atoms with E-state index < -0.39 is 11.6 Å². The number of hydrogen-bond acceptors (Lipinski definition) is 2. The Bertz CT molecular complexity index is 1200. The lowest BCUT2D eigenvalue weighted by Gasteiger charge is -2.08. The van der Waals surface area contributed by atoms with E-state index in [-0.39, 0.29) is 10.6 Å². The van der Waals surface area contributed by atoms with Crippen molar-refractivity contribution in [3.63, 3.8) is 0 Å². The average molecular weight is 382 g/mol. The number of hydrogen-bond donors (Lipinski definition) is 0. The van der Waals surface area contributed by atoms with E-state index in [0.717, 1.165) is 53.3 Å². The predicted octanol–water partition coefficient (Wildman–Crippen LogP) is 5.64. The Morgan fingerprint density at radius 2 is 1.85 bits per heavy atom. The second-order valence-corrected chi connectivity index (χ2v) is 7.04. The molecule has 134 valence electrons. The topological polar surface area (TPSA) is 30.7 Å². The molecule has 1 aliphatic rings. The number of pyridine rings is 1. The molecule has 0 saturated heterocycles. The summed E-state index contributed by atoms with van der Waals surface area (Å²) in [5.41, 5.74) is 4.04. The van der Waals surface area contributed by atoms with Crippen LogP contribution in [0.25, 0.3) is 33.4 Å². The number of rotatable bonds is 2. The second-order valence-electron chi connectivity index (χ2n) is 6.63. The molecule has 0 unspecified atom stereocenters. The quantitative estimate of drug-likeness (QED) is 0.420. The van der Waals surface area contributed by atoms with Crippen molar-refractivity contribution in [2.24, 2.45) is 0 Å². The molecule has 1 aliphatic heterocycles. The molecule has 4 aromatic rings. The van der Waals surface area contributed by atoms with Crippen molar-refractivity contribution < 1.29 is 8.78 Å². The van der Waals surface area contributed by atoms with Crippen molar-refractivity contribution >= 4 is 22.5 Å². The monoisotopic (exact) mass is 381 g/mol. The highest BCUT2D eigenvalue weighted by Gasteiger charge is 2.26. The summed E-state index contributed by atoms with van der Waals surface area (Å²) in [4.78, 5) is 4.77. The molecule has 0 amide bonds. The van der Waals surface area contributed by atoms with Crippen LogP contribution in [-0.2, 0) is 13.0 Å². The highest BCUT2D eigenvalue weighted by molar-refractivity contribution is 6.31. The normalized spacial score (nSPS) is 13.3. The zero-order valence-corrected chi connectivity index (χ0v) is 15.0. The second kappa shape index (κ2) is 6.13. The van der Waals surface area contributed by atoms with Gasteiger partial charge in [-0.1, -0.05) is 35.9 Å². The summed E-state index contributed by atoms with van der Waals surface area (Å²) in [5.74, 6) is -1.47. The largest absolute Gasteiger partial charge is 0.268 e. The fourth-order valence-electron chi connectivity index (χ4n) is 3.70. The van der Waals surface area contributed by atoms with Crippen molar-refractivity contribution in [2.45, 2.75) is 19.4 Å². The third kappa shape index (κ3) is 2.61. The van der Waals surface area contributed by atoms with E-state index in [1.54, 1.807) is 0 Å². The summed E-state index contributed by atoms with van der Waals surface area (Å²) >= 11 is 5.91. The minimum atomic E-state index is -0.782. The molecule has 3 heterocycles. The van der Waals surface area contributed by atoms with Crippen molar-refractivity contribution in [1.82, 2.24) is 14.8 Å². The van der Waals surface area contributed by atoms with E-state index in [2.05, 4.69) is 5.10 Å². The van der Waals surface area contributed by atoms with Crippen LogP contribution in [0.1, 0.15) is 12.1 Å². The maximum absolute atomic E-state index is 14.6. The van der Waals surface area contributed by atoms with Gasteiger partial charge in [0.05, 0.1) is 16.2 Å². The lowest BCUT2D eigenvalue weighted by atomic mass is 10.00. The van der Waals surface area contributed by atoms with E-state index in [9.17, 15) is 8.78 Å². The maximum atomic E-state index is 14.6. The van der Waals surface area contributed by atoms with Crippen LogP contribution in [0.5, 0.6) is 0 Å². The third-order valence-electron chi connectivity index (χ3n) is 4.96. The molecule has 3 nitrogen and oxygen atoms in total. The van der Waals surface area contributed by atoms with Gasteiger partial charge in [-0.05, 0) is 31.0 Å². The van der Waals surface area contributed by atoms with E-state index in [0.29, 0.717) is 5.69 Å². The number of para-hydroxylation sites is 1. The van der Waals surface area contributed by atoms with E-state index in [4.69, 9.17) is 16.6 Å². The van der Waals surface area contributed by atoms with Crippen molar-refractivity contribution in [3.8, 4) is 22.5 Å². The Hall–Kier alpha value is -2.79. The van der Waals surface area contributed by atoms with Gasteiger partial charge in [0, 0.05) is 34.8 Å². The zero-order chi connectivity index (χ0) is 18.5. The molecule has 5 rings (SSSR count). The molecule has 0 aliphatic carbocycles. The average Bonchev–Trinajstić information content (AvgIpc) is 3.25. The molecule has 0 bridgehead atoms. The summed E-state index contributed by atoms with van der Waals surface area (Å²) in [6, 6.07) is 13.9. The van der Waals surface area contributed by atoms with Gasteiger partial charge >= 0.3 is 0 Å². The predicted molar refractivity (Wildman–Crippen MR) is 102 cm³/mol. The van der Waals surface area contributed by atoms with Crippen LogP contribution < -0.4 is 0 Å². The van der Waals surface area contributed by atoms with Crippen LogP contribution in [0.3, 0.4) is 0 Å². The lowest BCUT2D eigenvalue weighted by molar-refractivity contribution is 0.584. The first kappa shape index (κ1) is 16.4. The summed E-state index contributed by atoms with van der Waals surface area (Å²) in [7, 11) is 0. The van der Waals surface area contributed by atoms with Crippen molar-refractivity contribution in [3.05, 3.63) is 70.9 Å². The minimum absolute atomic E-state index is 0.128. The van der Waals surface area contributed by atoms with Gasteiger partial charge in [-0.15, -0.1) is 0 Å². The molecular weight excluding hydrogens is 368 g/mol. The van der Waals surface area contributed by atoms with Crippen LogP contribution in [0.4, 0.5) is 8.78 Å². The first-order valence-electron chi connectivity index (χ1n) is 8.72. The van der Waals surface area contributed by atoms with Crippen LogP contribution in [0.2, 0.25) is 5.02 Å². The van der Waals surface area contributed by atoms with Crippen molar-refractivity contribution in [2.75, 3.05) is 0 Å². The highest BCUT2D eigenvalue weighted by atomic mass is 35.5. The summed E-state index contributed by atoms with van der Waals surface area (Å²) in [6.07, 6.45) is 1.82. The third-order valence-corrected chi connectivity index (χ3v) is 5.25. The number of fused-ring (bicyclic) bond motifs is 2. The van der Waals surface area contributed by atoms with Gasteiger partial charge in [-0.2, -0.15) is 5.10 Å². The molecule has 0 radical (unpaired) electrons. The van der Waals surface area contributed by atoms with Crippen LogP contribution >= 0.6 is 11.6 Å². The van der Waals surface area contributed by atoms with Crippen molar-refractivity contribution in [1.29, 1.82) is 0 Å². The number of benzene rings is 2. The molecule has 2 aromatic carbocycles. The highest BCUT2D eigenvalue weighted by Crippen LogP contribution is 2.39. The minimum Gasteiger partial charge on any atom is -0.268 e. The van der Waals surface area contributed by atoms with E-state index >= 15 is 0 Å². The summed E-state index contributed by atoms with van der Waals surface area (Å²) < 4.78 is 30.1. The Morgan fingerprint density at radius 3 is 2.74 bits per heavy atom. The lowest BCUT2D eigenvalue weighted by Crippen LogP contribution is -1.95. The number of aromatic nitrogens is 3. The van der Waals surface area contributed by atoms with Gasteiger partial charge in [-0.25, -0.2) is 13.8 Å². The van der Waals surface area contributed by atoms with E-state index in [1.807, 2.05) is 41.1 Å². The SMILES string of the molecule is Fc1cc(F)c(-c2nn3c(c2-c2ccc4ccccc4n2)CCC3)cc1Cl. The molecule has 2 aromatic heterocycles. The van der Waals surface area contributed by atoms with Crippen LogP contribution in [0.15, 0.2) is 48.5 Å². The van der Waals surface area contributed by atoms with Gasteiger partial charge in [0.25, 0.3) is 0 Å². The molecule has 0 N–H and O–H groups in total. The van der Waals surface area contributed by atoms with Gasteiger partial charge in [0.15, 0.2) is 0 Å². The first-order valence-corrected chi connectivity index (χ1v) is 9.10. The molecule has 27 heavy (non-hydrogen) atoms. The molecule has 0 atom stereocenters. The number of nitrogens with zero attached hydrogens (tertiary/aromatic N) is 3. The number of aryl methyl sites for hydroxylation is 1. The Balaban J connectivity index is 1.78. The fraction of sp³-hybridized carbons (Fsp3) is 0.143.